The first kappa shape index (κ1) is 12.2. The highest BCUT2D eigenvalue weighted by Gasteiger charge is 2.38. The van der Waals surface area contributed by atoms with Crippen LogP contribution in [0.25, 0.3) is 0 Å². The number of anilines is 1. The molecule has 0 aromatic heterocycles. The van der Waals surface area contributed by atoms with Crippen molar-refractivity contribution in [2.75, 3.05) is 5.32 Å². The van der Waals surface area contributed by atoms with E-state index in [0.717, 1.165) is 0 Å². The number of nitrogens with one attached hydrogen (secondary N) is 1. The average Bonchev–Trinajstić information content (AvgIpc) is 2.98. The van der Waals surface area contributed by atoms with Gasteiger partial charge in [0, 0.05) is 5.54 Å². The standard InChI is InChI=1S/C13H16ClNO2/c1-13(2,8-6-7-8)15-10-5-3-4-9(14)11(10)12(16)17/h3-5,8,15H,6-7H2,1-2H3,(H,16,17). The van der Waals surface area contributed by atoms with Crippen molar-refractivity contribution in [3.8, 4) is 0 Å². The van der Waals surface area contributed by atoms with Gasteiger partial charge in [0.1, 0.15) is 5.56 Å². The topological polar surface area (TPSA) is 49.3 Å². The molecule has 1 aliphatic carbocycles. The minimum Gasteiger partial charge on any atom is -0.478 e. The lowest BCUT2D eigenvalue weighted by atomic mass is 9.97. The van der Waals surface area contributed by atoms with Crippen molar-refractivity contribution in [2.24, 2.45) is 5.92 Å². The maximum atomic E-state index is 11.2. The molecule has 0 unspecified atom stereocenters. The predicted octanol–water partition coefficient (Wildman–Crippen LogP) is 3.64. The molecule has 2 rings (SSSR count). The highest BCUT2D eigenvalue weighted by Crippen LogP contribution is 2.41. The minimum atomic E-state index is -0.996. The van der Waals surface area contributed by atoms with E-state index in [-0.39, 0.29) is 16.1 Å². The predicted molar refractivity (Wildman–Crippen MR) is 68.8 cm³/mol. The van der Waals surface area contributed by atoms with E-state index in [1.54, 1.807) is 18.2 Å². The summed E-state index contributed by atoms with van der Waals surface area (Å²) in [7, 11) is 0. The number of rotatable bonds is 4. The van der Waals surface area contributed by atoms with Gasteiger partial charge in [-0.05, 0) is 44.7 Å². The molecule has 0 saturated heterocycles. The van der Waals surface area contributed by atoms with Gasteiger partial charge in [-0.25, -0.2) is 4.79 Å². The third kappa shape index (κ3) is 2.55. The van der Waals surface area contributed by atoms with Crippen LogP contribution in [0.2, 0.25) is 5.02 Å². The summed E-state index contributed by atoms with van der Waals surface area (Å²) in [6.07, 6.45) is 2.39. The van der Waals surface area contributed by atoms with Gasteiger partial charge in [-0.15, -0.1) is 0 Å². The molecule has 1 aliphatic rings. The second kappa shape index (κ2) is 4.22. The Bertz CT molecular complexity index is 453. The molecule has 2 N–H and O–H groups in total. The molecule has 1 fully saturated rings. The summed E-state index contributed by atoms with van der Waals surface area (Å²) in [5.41, 5.74) is 0.666. The largest absolute Gasteiger partial charge is 0.478 e. The summed E-state index contributed by atoms with van der Waals surface area (Å²) in [5.74, 6) is -0.382. The van der Waals surface area contributed by atoms with Crippen LogP contribution in [0.15, 0.2) is 18.2 Å². The smallest absolute Gasteiger partial charge is 0.339 e. The number of benzene rings is 1. The average molecular weight is 254 g/mol. The Kier molecular flexibility index (Phi) is 3.04. The zero-order chi connectivity index (χ0) is 12.6. The van der Waals surface area contributed by atoms with Crippen LogP contribution in [0.1, 0.15) is 37.0 Å². The molecule has 3 nitrogen and oxygen atoms in total. The van der Waals surface area contributed by atoms with E-state index in [1.807, 2.05) is 0 Å². The molecular formula is C13H16ClNO2. The molecule has 0 bridgehead atoms. The van der Waals surface area contributed by atoms with E-state index in [1.165, 1.54) is 12.8 Å². The quantitative estimate of drug-likeness (QED) is 0.861. The number of carboxylic acid groups (broad SMARTS) is 1. The number of carboxylic acids is 1. The van der Waals surface area contributed by atoms with Crippen molar-refractivity contribution in [2.45, 2.75) is 32.2 Å². The van der Waals surface area contributed by atoms with E-state index in [0.29, 0.717) is 11.6 Å². The molecule has 1 aromatic carbocycles. The summed E-state index contributed by atoms with van der Waals surface area (Å²) >= 11 is 5.93. The molecule has 1 saturated carbocycles. The highest BCUT2D eigenvalue weighted by molar-refractivity contribution is 6.34. The Morgan fingerprint density at radius 2 is 2.12 bits per heavy atom. The molecule has 17 heavy (non-hydrogen) atoms. The second-order valence-electron chi connectivity index (χ2n) is 5.09. The highest BCUT2D eigenvalue weighted by atomic mass is 35.5. The zero-order valence-corrected chi connectivity index (χ0v) is 10.7. The number of halogens is 1. The number of carbonyl (C=O) groups is 1. The van der Waals surface area contributed by atoms with Gasteiger partial charge < -0.3 is 10.4 Å². The lowest BCUT2D eigenvalue weighted by Gasteiger charge is -2.28. The van der Waals surface area contributed by atoms with Crippen molar-refractivity contribution in [1.82, 2.24) is 0 Å². The van der Waals surface area contributed by atoms with E-state index >= 15 is 0 Å². The van der Waals surface area contributed by atoms with Crippen LogP contribution in [0.3, 0.4) is 0 Å². The van der Waals surface area contributed by atoms with Crippen LogP contribution in [0.5, 0.6) is 0 Å². The van der Waals surface area contributed by atoms with E-state index < -0.39 is 5.97 Å². The molecule has 92 valence electrons. The van der Waals surface area contributed by atoms with Crippen LogP contribution < -0.4 is 5.32 Å². The Morgan fingerprint density at radius 1 is 1.47 bits per heavy atom. The van der Waals surface area contributed by atoms with Gasteiger partial charge >= 0.3 is 5.97 Å². The third-order valence-corrected chi connectivity index (χ3v) is 3.60. The molecule has 0 spiro atoms. The third-order valence-electron chi connectivity index (χ3n) is 3.28. The summed E-state index contributed by atoms with van der Waals surface area (Å²) in [6.45, 7) is 4.19. The van der Waals surface area contributed by atoms with Crippen LogP contribution in [-0.2, 0) is 0 Å². The van der Waals surface area contributed by atoms with E-state index in [9.17, 15) is 9.90 Å². The Morgan fingerprint density at radius 3 is 2.65 bits per heavy atom. The fourth-order valence-electron chi connectivity index (χ4n) is 2.10. The lowest BCUT2D eigenvalue weighted by Crippen LogP contribution is -2.34. The fourth-order valence-corrected chi connectivity index (χ4v) is 2.36. The summed E-state index contributed by atoms with van der Waals surface area (Å²) in [5, 5.41) is 12.8. The molecule has 0 amide bonds. The van der Waals surface area contributed by atoms with Crippen molar-refractivity contribution in [3.63, 3.8) is 0 Å². The van der Waals surface area contributed by atoms with Crippen LogP contribution >= 0.6 is 11.6 Å². The Hall–Kier alpha value is -1.22. The molecule has 0 heterocycles. The van der Waals surface area contributed by atoms with Gasteiger partial charge in [0.25, 0.3) is 0 Å². The molecular weight excluding hydrogens is 238 g/mol. The van der Waals surface area contributed by atoms with Crippen molar-refractivity contribution < 1.29 is 9.90 Å². The van der Waals surface area contributed by atoms with Gasteiger partial charge in [-0.3, -0.25) is 0 Å². The van der Waals surface area contributed by atoms with E-state index in [2.05, 4.69) is 19.2 Å². The fraction of sp³-hybridized carbons (Fsp3) is 0.462. The maximum absolute atomic E-state index is 11.2. The normalized spacial score (nSPS) is 15.7. The molecule has 0 aliphatic heterocycles. The molecule has 4 heteroatoms. The van der Waals surface area contributed by atoms with Crippen molar-refractivity contribution >= 4 is 23.3 Å². The molecule has 1 aromatic rings. The summed E-state index contributed by atoms with van der Waals surface area (Å²) < 4.78 is 0. The summed E-state index contributed by atoms with van der Waals surface area (Å²) in [4.78, 5) is 11.2. The zero-order valence-electron chi connectivity index (χ0n) is 9.96. The molecule has 0 radical (unpaired) electrons. The van der Waals surface area contributed by atoms with Gasteiger partial charge in [0.15, 0.2) is 0 Å². The monoisotopic (exact) mass is 253 g/mol. The first-order chi connectivity index (χ1) is 7.92. The van der Waals surface area contributed by atoms with Gasteiger partial charge in [0.05, 0.1) is 10.7 Å². The van der Waals surface area contributed by atoms with Gasteiger partial charge in [-0.1, -0.05) is 17.7 Å². The first-order valence-electron chi connectivity index (χ1n) is 5.72. The number of hydrogen-bond acceptors (Lipinski definition) is 2. The maximum Gasteiger partial charge on any atom is 0.339 e. The minimum absolute atomic E-state index is 0.0884. The van der Waals surface area contributed by atoms with Crippen LogP contribution in [0, 0.1) is 5.92 Å². The Balaban J connectivity index is 2.32. The Labute approximate surface area is 106 Å². The molecule has 0 atom stereocenters. The van der Waals surface area contributed by atoms with Gasteiger partial charge in [-0.2, -0.15) is 0 Å². The van der Waals surface area contributed by atoms with E-state index in [4.69, 9.17) is 11.6 Å². The second-order valence-corrected chi connectivity index (χ2v) is 5.50. The number of hydrogen-bond donors (Lipinski definition) is 2. The first-order valence-corrected chi connectivity index (χ1v) is 6.09. The van der Waals surface area contributed by atoms with Crippen LogP contribution in [-0.4, -0.2) is 16.6 Å². The lowest BCUT2D eigenvalue weighted by molar-refractivity contribution is 0.0698. The van der Waals surface area contributed by atoms with Crippen molar-refractivity contribution in [3.05, 3.63) is 28.8 Å². The number of aromatic carboxylic acids is 1. The van der Waals surface area contributed by atoms with Crippen LogP contribution in [0.4, 0.5) is 5.69 Å². The van der Waals surface area contributed by atoms with Crippen molar-refractivity contribution in [1.29, 1.82) is 0 Å². The SMILES string of the molecule is CC(C)(Nc1cccc(Cl)c1C(=O)O)C1CC1. The summed E-state index contributed by atoms with van der Waals surface area (Å²) in [6, 6.07) is 5.12. The van der Waals surface area contributed by atoms with Gasteiger partial charge in [0.2, 0.25) is 0 Å².